The zero-order valence-electron chi connectivity index (χ0n) is 8.71. The van der Waals surface area contributed by atoms with Crippen molar-refractivity contribution in [3.05, 3.63) is 24.0 Å². The van der Waals surface area contributed by atoms with Gasteiger partial charge in [-0.1, -0.05) is 0 Å². The summed E-state index contributed by atoms with van der Waals surface area (Å²) in [6, 6.07) is 3.23. The molecule has 0 unspecified atom stereocenters. The lowest BCUT2D eigenvalue weighted by atomic mass is 10.2. The van der Waals surface area contributed by atoms with Crippen molar-refractivity contribution < 1.29 is 14.7 Å². The smallest absolute Gasteiger partial charge is 0.337 e. The van der Waals surface area contributed by atoms with Gasteiger partial charge in [0.05, 0.1) is 35.0 Å². The number of nitriles is 1. The molecule has 17 heavy (non-hydrogen) atoms. The van der Waals surface area contributed by atoms with E-state index in [0.717, 1.165) is 0 Å². The Bertz CT molecular complexity index is 470. The van der Waals surface area contributed by atoms with Crippen molar-refractivity contribution in [2.45, 2.75) is 0 Å². The zero-order valence-corrected chi connectivity index (χ0v) is 9.53. The highest BCUT2D eigenvalue weighted by molar-refractivity contribution is 8.00. The van der Waals surface area contributed by atoms with Crippen LogP contribution in [-0.2, 0) is 4.79 Å². The SMILES string of the molecule is N#CCSCC(=O)Nc1cncc(C(=O)O)c1. The quantitative estimate of drug-likeness (QED) is 0.756. The summed E-state index contributed by atoms with van der Waals surface area (Å²) in [5.74, 6) is -1.02. The number of nitrogens with zero attached hydrogens (tertiary/aromatic N) is 2. The predicted molar refractivity (Wildman–Crippen MR) is 62.8 cm³/mol. The van der Waals surface area contributed by atoms with Crippen LogP contribution in [0.3, 0.4) is 0 Å². The van der Waals surface area contributed by atoms with E-state index in [-0.39, 0.29) is 23.0 Å². The van der Waals surface area contributed by atoms with E-state index < -0.39 is 5.97 Å². The van der Waals surface area contributed by atoms with Gasteiger partial charge in [-0.05, 0) is 6.07 Å². The van der Waals surface area contributed by atoms with Crippen molar-refractivity contribution in [2.24, 2.45) is 0 Å². The van der Waals surface area contributed by atoms with Crippen LogP contribution in [0.2, 0.25) is 0 Å². The summed E-state index contributed by atoms with van der Waals surface area (Å²) in [5, 5.41) is 19.5. The van der Waals surface area contributed by atoms with Gasteiger partial charge in [0.2, 0.25) is 5.91 Å². The molecule has 0 fully saturated rings. The van der Waals surface area contributed by atoms with Crippen LogP contribution in [0.5, 0.6) is 0 Å². The number of hydrogen-bond acceptors (Lipinski definition) is 5. The molecule has 0 bridgehead atoms. The third kappa shape index (κ3) is 4.53. The predicted octanol–water partition coefficient (Wildman–Crippen LogP) is 0.975. The molecule has 2 N–H and O–H groups in total. The maximum Gasteiger partial charge on any atom is 0.337 e. The van der Waals surface area contributed by atoms with Crippen molar-refractivity contribution in [1.29, 1.82) is 5.26 Å². The molecule has 0 aliphatic carbocycles. The Labute approximate surface area is 102 Å². The van der Waals surface area contributed by atoms with Gasteiger partial charge in [0.15, 0.2) is 0 Å². The number of hydrogen-bond donors (Lipinski definition) is 2. The monoisotopic (exact) mass is 251 g/mol. The van der Waals surface area contributed by atoms with Gasteiger partial charge in [-0.3, -0.25) is 9.78 Å². The van der Waals surface area contributed by atoms with E-state index in [9.17, 15) is 9.59 Å². The lowest BCUT2D eigenvalue weighted by Crippen LogP contribution is -2.15. The number of pyridine rings is 1. The average molecular weight is 251 g/mol. The second-order valence-electron chi connectivity index (χ2n) is 2.97. The first-order valence-electron chi connectivity index (χ1n) is 4.56. The summed E-state index contributed by atoms with van der Waals surface area (Å²) < 4.78 is 0. The van der Waals surface area contributed by atoms with Gasteiger partial charge in [0, 0.05) is 6.20 Å². The maximum absolute atomic E-state index is 11.4. The summed E-state index contributed by atoms with van der Waals surface area (Å²) in [6.07, 6.45) is 2.56. The average Bonchev–Trinajstić information content (AvgIpc) is 2.29. The number of carboxylic acid groups (broad SMARTS) is 1. The molecule has 0 spiro atoms. The number of carbonyl (C=O) groups excluding carboxylic acids is 1. The second kappa shape index (κ2) is 6.50. The minimum Gasteiger partial charge on any atom is -0.478 e. The van der Waals surface area contributed by atoms with Crippen LogP contribution in [-0.4, -0.2) is 33.5 Å². The van der Waals surface area contributed by atoms with Gasteiger partial charge in [-0.2, -0.15) is 5.26 Å². The Balaban J connectivity index is 2.57. The molecule has 1 amide bonds. The van der Waals surface area contributed by atoms with Crippen LogP contribution in [0.25, 0.3) is 0 Å². The number of aromatic nitrogens is 1. The van der Waals surface area contributed by atoms with Gasteiger partial charge in [0.1, 0.15) is 0 Å². The van der Waals surface area contributed by atoms with Gasteiger partial charge in [-0.15, -0.1) is 11.8 Å². The highest BCUT2D eigenvalue weighted by atomic mass is 32.2. The van der Waals surface area contributed by atoms with E-state index in [4.69, 9.17) is 10.4 Å². The highest BCUT2D eigenvalue weighted by Crippen LogP contribution is 2.09. The number of thioether (sulfide) groups is 1. The summed E-state index contributed by atoms with van der Waals surface area (Å²) in [6.45, 7) is 0. The normalized spacial score (nSPS) is 9.35. The fraction of sp³-hybridized carbons (Fsp3) is 0.200. The number of carbonyl (C=O) groups is 2. The molecule has 0 saturated heterocycles. The molecule has 0 saturated carbocycles. The third-order valence-electron chi connectivity index (χ3n) is 1.67. The Morgan fingerprint density at radius 1 is 1.53 bits per heavy atom. The maximum atomic E-state index is 11.4. The third-order valence-corrected chi connectivity index (χ3v) is 2.47. The number of nitrogens with one attached hydrogen (secondary N) is 1. The van der Waals surface area contributed by atoms with Gasteiger partial charge >= 0.3 is 5.97 Å². The molecular formula is C10H9N3O3S. The Morgan fingerprint density at radius 3 is 2.94 bits per heavy atom. The van der Waals surface area contributed by atoms with E-state index in [1.54, 1.807) is 0 Å². The molecule has 0 aliphatic heterocycles. The van der Waals surface area contributed by atoms with Gasteiger partial charge < -0.3 is 10.4 Å². The largest absolute Gasteiger partial charge is 0.478 e. The molecule has 1 aromatic heterocycles. The molecule has 0 radical (unpaired) electrons. The summed E-state index contributed by atoms with van der Waals surface area (Å²) >= 11 is 1.18. The van der Waals surface area contributed by atoms with Crippen LogP contribution < -0.4 is 5.32 Å². The highest BCUT2D eigenvalue weighted by Gasteiger charge is 2.06. The molecule has 0 atom stereocenters. The van der Waals surface area contributed by atoms with E-state index in [1.165, 1.54) is 30.2 Å². The van der Waals surface area contributed by atoms with Crippen molar-refractivity contribution in [1.82, 2.24) is 4.98 Å². The van der Waals surface area contributed by atoms with Crippen LogP contribution in [0.15, 0.2) is 18.5 Å². The number of rotatable bonds is 5. The van der Waals surface area contributed by atoms with E-state index >= 15 is 0 Å². The first-order chi connectivity index (χ1) is 8.13. The molecule has 0 aromatic carbocycles. The van der Waals surface area contributed by atoms with E-state index in [2.05, 4.69) is 10.3 Å². The van der Waals surface area contributed by atoms with Crippen LogP contribution in [0.4, 0.5) is 5.69 Å². The van der Waals surface area contributed by atoms with Crippen molar-refractivity contribution in [3.63, 3.8) is 0 Å². The fourth-order valence-electron chi connectivity index (χ4n) is 1.01. The van der Waals surface area contributed by atoms with Crippen LogP contribution in [0.1, 0.15) is 10.4 Å². The summed E-state index contributed by atoms with van der Waals surface area (Å²) in [5.41, 5.74) is 0.333. The van der Waals surface area contributed by atoms with Crippen LogP contribution >= 0.6 is 11.8 Å². The number of anilines is 1. The Morgan fingerprint density at radius 2 is 2.29 bits per heavy atom. The van der Waals surface area contributed by atoms with Crippen molar-refractivity contribution in [3.8, 4) is 6.07 Å². The topological polar surface area (TPSA) is 103 Å². The Hall–Kier alpha value is -2.07. The van der Waals surface area contributed by atoms with Crippen molar-refractivity contribution in [2.75, 3.05) is 16.8 Å². The minimum atomic E-state index is -1.10. The molecule has 1 rings (SSSR count). The lowest BCUT2D eigenvalue weighted by molar-refractivity contribution is -0.113. The molecular weight excluding hydrogens is 242 g/mol. The summed E-state index contributed by atoms with van der Waals surface area (Å²) in [4.78, 5) is 25.7. The first kappa shape index (κ1) is 13.0. The number of amides is 1. The number of carboxylic acids is 1. The lowest BCUT2D eigenvalue weighted by Gasteiger charge is -2.04. The Kier molecular flexibility index (Phi) is 4.97. The molecule has 7 heteroatoms. The van der Waals surface area contributed by atoms with Crippen molar-refractivity contribution >= 4 is 29.3 Å². The van der Waals surface area contributed by atoms with Crippen LogP contribution in [0, 0.1) is 11.3 Å². The standard InChI is InChI=1S/C10H9N3O3S/c11-1-2-17-6-9(14)13-8-3-7(10(15)16)4-12-5-8/h3-5H,2,6H2,(H,13,14)(H,15,16). The molecule has 1 heterocycles. The molecule has 1 aromatic rings. The minimum absolute atomic E-state index is 0.00692. The molecule has 0 aliphatic rings. The number of aromatic carboxylic acids is 1. The van der Waals surface area contributed by atoms with E-state index in [0.29, 0.717) is 5.69 Å². The van der Waals surface area contributed by atoms with Gasteiger partial charge in [-0.25, -0.2) is 4.79 Å². The fourth-order valence-corrected chi connectivity index (χ4v) is 1.46. The summed E-state index contributed by atoms with van der Waals surface area (Å²) in [7, 11) is 0. The second-order valence-corrected chi connectivity index (χ2v) is 3.95. The molecule has 6 nitrogen and oxygen atoms in total. The molecule has 88 valence electrons. The van der Waals surface area contributed by atoms with E-state index in [1.807, 2.05) is 6.07 Å². The zero-order chi connectivity index (χ0) is 12.7. The first-order valence-corrected chi connectivity index (χ1v) is 5.72. The van der Waals surface area contributed by atoms with Gasteiger partial charge in [0.25, 0.3) is 0 Å².